The number of hydrogen-bond donors (Lipinski definition) is 1. The van der Waals surface area contributed by atoms with Crippen LogP contribution in [0.4, 0.5) is 0 Å². The quantitative estimate of drug-likeness (QED) is 0.295. The molecule has 0 amide bonds. The van der Waals surface area contributed by atoms with Gasteiger partial charge in [-0.1, -0.05) is 6.58 Å². The summed E-state index contributed by atoms with van der Waals surface area (Å²) >= 11 is 0. The molecule has 0 atom stereocenters. The summed E-state index contributed by atoms with van der Waals surface area (Å²) in [5.41, 5.74) is 0.201. The van der Waals surface area contributed by atoms with E-state index in [-0.39, 0.29) is 12.2 Å². The van der Waals surface area contributed by atoms with Crippen molar-refractivity contribution in [2.24, 2.45) is 0 Å². The van der Waals surface area contributed by atoms with Crippen LogP contribution < -0.4 is 0 Å². The van der Waals surface area contributed by atoms with Crippen molar-refractivity contribution in [2.45, 2.75) is 6.92 Å². The number of hydrogen-bond acceptors (Lipinski definition) is 5. The monoisotopic (exact) mass is 210 g/mol. The zero-order chi connectivity index (χ0) is 10.5. The molecule has 0 fully saturated rings. The number of carbonyl (C=O) groups excluding carboxylic acids is 1. The van der Waals surface area contributed by atoms with Crippen molar-refractivity contribution in [3.05, 3.63) is 12.2 Å². The van der Waals surface area contributed by atoms with E-state index < -0.39 is 23.0 Å². The van der Waals surface area contributed by atoms with Crippen LogP contribution in [0.2, 0.25) is 0 Å². The molecule has 0 saturated carbocycles. The molecule has 0 spiro atoms. The summed E-state index contributed by atoms with van der Waals surface area (Å²) < 4.78 is 36.4. The van der Waals surface area contributed by atoms with E-state index in [0.29, 0.717) is 0 Å². The third-order valence-electron chi connectivity index (χ3n) is 0.897. The second kappa shape index (κ2) is 4.95. The summed E-state index contributed by atoms with van der Waals surface area (Å²) in [4.78, 5) is 10.7. The van der Waals surface area contributed by atoms with Gasteiger partial charge in [-0.05, 0) is 6.92 Å². The predicted octanol–water partition coefficient (Wildman–Crippen LogP) is -0.0749. The maximum Gasteiger partial charge on any atom is 0.397 e. The summed E-state index contributed by atoms with van der Waals surface area (Å²) in [6.45, 7) is 4.07. The first-order chi connectivity index (χ1) is 5.83. The van der Waals surface area contributed by atoms with Gasteiger partial charge in [0, 0.05) is 5.57 Å². The van der Waals surface area contributed by atoms with Gasteiger partial charge in [0.05, 0.1) is 0 Å². The number of ether oxygens (including phenoxy) is 1. The summed E-state index contributed by atoms with van der Waals surface area (Å²) in [6.07, 6.45) is 0. The molecule has 0 unspecified atom stereocenters. The van der Waals surface area contributed by atoms with Crippen molar-refractivity contribution in [1.82, 2.24) is 0 Å². The van der Waals surface area contributed by atoms with E-state index in [9.17, 15) is 13.2 Å². The maximum atomic E-state index is 10.7. The lowest BCUT2D eigenvalue weighted by molar-refractivity contribution is -0.139. The lowest BCUT2D eigenvalue weighted by Crippen LogP contribution is -2.13. The molecule has 0 radical (unpaired) electrons. The second-order valence-electron chi connectivity index (χ2n) is 2.17. The number of esters is 1. The molecule has 0 aliphatic rings. The van der Waals surface area contributed by atoms with Crippen molar-refractivity contribution in [2.75, 3.05) is 13.2 Å². The molecule has 13 heavy (non-hydrogen) atoms. The van der Waals surface area contributed by atoms with Gasteiger partial charge in [0.1, 0.15) is 13.2 Å². The van der Waals surface area contributed by atoms with Crippen LogP contribution in [0.5, 0.6) is 0 Å². The minimum atomic E-state index is -4.46. The van der Waals surface area contributed by atoms with E-state index in [0.717, 1.165) is 0 Å². The fraction of sp³-hybridized carbons (Fsp3) is 0.500. The molecule has 0 aliphatic carbocycles. The summed E-state index contributed by atoms with van der Waals surface area (Å²) in [5, 5.41) is 0. The van der Waals surface area contributed by atoms with E-state index >= 15 is 0 Å². The van der Waals surface area contributed by atoms with Crippen molar-refractivity contribution >= 4 is 16.4 Å². The highest BCUT2D eigenvalue weighted by atomic mass is 32.3. The Kier molecular flexibility index (Phi) is 4.60. The van der Waals surface area contributed by atoms with E-state index in [1.165, 1.54) is 6.92 Å². The second-order valence-corrected chi connectivity index (χ2v) is 3.26. The molecular formula is C6H10O6S. The highest BCUT2D eigenvalue weighted by Gasteiger charge is 2.06. The highest BCUT2D eigenvalue weighted by Crippen LogP contribution is 1.92. The van der Waals surface area contributed by atoms with E-state index in [1.807, 2.05) is 0 Å². The SMILES string of the molecule is C=C(C)C(=O)OCCOS(=O)(=O)O. The van der Waals surface area contributed by atoms with Gasteiger partial charge in [-0.15, -0.1) is 0 Å². The molecular weight excluding hydrogens is 200 g/mol. The largest absolute Gasteiger partial charge is 0.460 e. The zero-order valence-corrected chi connectivity index (χ0v) is 7.83. The Morgan fingerprint density at radius 1 is 1.46 bits per heavy atom. The first kappa shape index (κ1) is 12.1. The van der Waals surface area contributed by atoms with Crippen LogP contribution in [-0.4, -0.2) is 32.2 Å². The van der Waals surface area contributed by atoms with E-state index in [1.54, 1.807) is 0 Å². The Bertz CT molecular complexity index is 290. The van der Waals surface area contributed by atoms with Crippen LogP contribution in [0, 0.1) is 0 Å². The Hall–Kier alpha value is -0.920. The molecule has 0 heterocycles. The average molecular weight is 210 g/mol. The van der Waals surface area contributed by atoms with E-state index in [4.69, 9.17) is 4.55 Å². The average Bonchev–Trinajstić information content (AvgIpc) is 1.95. The van der Waals surface area contributed by atoms with Gasteiger partial charge in [0.15, 0.2) is 0 Å². The molecule has 76 valence electrons. The Balaban J connectivity index is 3.59. The first-order valence-corrected chi connectivity index (χ1v) is 4.64. The third kappa shape index (κ3) is 7.44. The van der Waals surface area contributed by atoms with Gasteiger partial charge >= 0.3 is 16.4 Å². The van der Waals surface area contributed by atoms with Crippen LogP contribution in [0.25, 0.3) is 0 Å². The summed E-state index contributed by atoms with van der Waals surface area (Å²) in [7, 11) is -4.46. The van der Waals surface area contributed by atoms with E-state index in [2.05, 4.69) is 15.5 Å². The lowest BCUT2D eigenvalue weighted by Gasteiger charge is -2.02. The van der Waals surface area contributed by atoms with Gasteiger partial charge in [-0.25, -0.2) is 8.98 Å². The molecule has 7 heteroatoms. The topological polar surface area (TPSA) is 89.9 Å². The van der Waals surface area contributed by atoms with Crippen LogP contribution in [-0.2, 0) is 24.1 Å². The molecule has 0 saturated heterocycles. The molecule has 0 rings (SSSR count). The van der Waals surface area contributed by atoms with Crippen molar-refractivity contribution in [3.8, 4) is 0 Å². The van der Waals surface area contributed by atoms with Gasteiger partial charge in [0.2, 0.25) is 0 Å². The van der Waals surface area contributed by atoms with Gasteiger partial charge in [-0.2, -0.15) is 8.42 Å². The lowest BCUT2D eigenvalue weighted by atomic mass is 10.4. The molecule has 0 aromatic rings. The third-order valence-corrected chi connectivity index (χ3v) is 1.36. The predicted molar refractivity (Wildman–Crippen MR) is 43.3 cm³/mol. The zero-order valence-electron chi connectivity index (χ0n) is 7.02. The standard InChI is InChI=1S/C6H10O6S/c1-5(2)6(7)11-3-4-12-13(8,9)10/h1,3-4H2,2H3,(H,8,9,10). The van der Waals surface area contributed by atoms with Gasteiger partial charge < -0.3 is 4.74 Å². The summed E-state index contributed by atoms with van der Waals surface area (Å²) in [6, 6.07) is 0. The Morgan fingerprint density at radius 2 is 2.00 bits per heavy atom. The van der Waals surface area contributed by atoms with Crippen LogP contribution in [0.15, 0.2) is 12.2 Å². The normalized spacial score (nSPS) is 10.9. The fourth-order valence-corrected chi connectivity index (χ4v) is 0.676. The molecule has 0 aromatic heterocycles. The molecule has 0 aliphatic heterocycles. The molecule has 6 nitrogen and oxygen atoms in total. The van der Waals surface area contributed by atoms with Gasteiger partial charge in [-0.3, -0.25) is 4.55 Å². The highest BCUT2D eigenvalue weighted by molar-refractivity contribution is 7.80. The summed E-state index contributed by atoms with van der Waals surface area (Å²) in [5.74, 6) is -0.640. The maximum absolute atomic E-state index is 10.7. The van der Waals surface area contributed by atoms with Crippen molar-refractivity contribution in [3.63, 3.8) is 0 Å². The number of rotatable bonds is 5. The Morgan fingerprint density at radius 3 is 2.38 bits per heavy atom. The molecule has 1 N–H and O–H groups in total. The first-order valence-electron chi connectivity index (χ1n) is 3.27. The molecule has 0 aromatic carbocycles. The molecule has 0 bridgehead atoms. The number of carbonyl (C=O) groups is 1. The van der Waals surface area contributed by atoms with Gasteiger partial charge in [0.25, 0.3) is 0 Å². The van der Waals surface area contributed by atoms with Crippen molar-refractivity contribution in [1.29, 1.82) is 0 Å². The van der Waals surface area contributed by atoms with Crippen molar-refractivity contribution < 1.29 is 26.7 Å². The van der Waals surface area contributed by atoms with Crippen LogP contribution in [0.1, 0.15) is 6.92 Å². The Labute approximate surface area is 76.1 Å². The minimum Gasteiger partial charge on any atom is -0.460 e. The van der Waals surface area contributed by atoms with Crippen LogP contribution in [0.3, 0.4) is 0 Å². The fourth-order valence-electron chi connectivity index (χ4n) is 0.397. The van der Waals surface area contributed by atoms with Crippen LogP contribution >= 0.6 is 0 Å². The minimum absolute atomic E-state index is 0.201. The smallest absolute Gasteiger partial charge is 0.397 e.